The molecule has 1 unspecified atom stereocenters. The number of pyridine rings is 1. The molecule has 0 bridgehead atoms. The van der Waals surface area contributed by atoms with E-state index in [4.69, 9.17) is 14.2 Å². The average Bonchev–Trinajstić information content (AvgIpc) is 3.54. The first-order chi connectivity index (χ1) is 23.7. The van der Waals surface area contributed by atoms with Crippen molar-refractivity contribution in [2.75, 3.05) is 20.1 Å². The maximum Gasteiger partial charge on any atom is 0.342 e. The molecule has 1 aliphatic rings. The molecule has 1 aliphatic heterocycles. The summed E-state index contributed by atoms with van der Waals surface area (Å²) >= 11 is 0.345. The highest BCUT2D eigenvalue weighted by atomic mass is 32.2. The van der Waals surface area contributed by atoms with Gasteiger partial charge in [0.2, 0.25) is 17.5 Å². The van der Waals surface area contributed by atoms with Gasteiger partial charge in [0.15, 0.2) is 16.7 Å². The van der Waals surface area contributed by atoms with Gasteiger partial charge in [-0.1, -0.05) is 48.5 Å². The van der Waals surface area contributed by atoms with Gasteiger partial charge in [-0.2, -0.15) is 24.0 Å². The number of benzene rings is 3. The Balaban J connectivity index is 1.42. The van der Waals surface area contributed by atoms with E-state index < -0.39 is 45.7 Å². The number of aromatic hydroxyl groups is 1. The van der Waals surface area contributed by atoms with Crippen molar-refractivity contribution in [1.29, 1.82) is 5.26 Å². The summed E-state index contributed by atoms with van der Waals surface area (Å²) in [6.45, 7) is 1.58. The van der Waals surface area contributed by atoms with Crippen molar-refractivity contribution in [2.45, 2.75) is 22.8 Å². The fourth-order valence-electron chi connectivity index (χ4n) is 4.88. The molecule has 3 aromatic carbocycles. The smallest absolute Gasteiger partial charge is 0.342 e. The summed E-state index contributed by atoms with van der Waals surface area (Å²) in [6, 6.07) is 22.4. The number of hydrogen-bond donors (Lipinski definition) is 3. The zero-order valence-electron chi connectivity index (χ0n) is 25.6. The van der Waals surface area contributed by atoms with E-state index in [2.05, 4.69) is 20.3 Å². The molecular formula is C34H26F2N6O6S. The first-order valence-electron chi connectivity index (χ1n) is 14.7. The number of para-hydroxylation sites is 1. The Morgan fingerprint density at radius 2 is 1.73 bits per heavy atom. The summed E-state index contributed by atoms with van der Waals surface area (Å²) in [7, 11) is 1.91. The molecule has 2 aromatic heterocycles. The summed E-state index contributed by atoms with van der Waals surface area (Å²) in [5, 5.41) is 31.8. The number of nitrogens with zero attached hydrogens (tertiary/aromatic N) is 5. The third-order valence-corrected chi connectivity index (χ3v) is 8.27. The monoisotopic (exact) mass is 684 g/mol. The summed E-state index contributed by atoms with van der Waals surface area (Å²) in [5.74, 6) is -6.05. The molecule has 0 saturated carbocycles. The number of hydrogen-bond acceptors (Lipinski definition) is 12. The van der Waals surface area contributed by atoms with Crippen LogP contribution < -0.4 is 19.5 Å². The number of aromatic carboxylic acids is 1. The van der Waals surface area contributed by atoms with E-state index in [9.17, 15) is 20.3 Å². The number of ether oxygens (including phenoxy) is 3. The first kappa shape index (κ1) is 33.1. The standard InChI is InChI=1S/C34H26F2N6O6S/c1-42-14-13-38-29(42)21-9-5-6-10-23(21)47-31-26(35)28(49-34-39-17-22(33(44)45)30(43)40-34)27(36)32(41-31)48-25-15-20(16-37)11-12-24(25)46-18-19-7-3-2-4-8-19/h2-12,15,17,29,38H,13-14,18H2,1H3,(H,44,45)(H,39,40,43). The summed E-state index contributed by atoms with van der Waals surface area (Å²) in [6.07, 6.45) is 0.552. The second-order valence-electron chi connectivity index (χ2n) is 10.6. The SMILES string of the molecule is CN1CCNC1c1ccccc1Oc1nc(Oc2cc(C#N)ccc2OCc2ccccc2)c(F)c(Sc2ncc(C(=O)O)c(O)n2)c1F. The topological polar surface area (TPSA) is 163 Å². The lowest BCUT2D eigenvalue weighted by Gasteiger charge is -2.22. The Bertz CT molecular complexity index is 2070. The van der Waals surface area contributed by atoms with Gasteiger partial charge < -0.3 is 24.4 Å². The molecule has 248 valence electrons. The van der Waals surface area contributed by atoms with Gasteiger partial charge in [-0.3, -0.25) is 10.2 Å². The van der Waals surface area contributed by atoms with Crippen LogP contribution in [0.3, 0.4) is 0 Å². The molecule has 6 rings (SSSR count). The van der Waals surface area contributed by atoms with Crippen molar-refractivity contribution in [2.24, 2.45) is 0 Å². The van der Waals surface area contributed by atoms with Gasteiger partial charge in [-0.25, -0.2) is 9.78 Å². The lowest BCUT2D eigenvalue weighted by Crippen LogP contribution is -2.24. The normalized spacial score (nSPS) is 14.3. The van der Waals surface area contributed by atoms with Crippen LogP contribution in [0.1, 0.15) is 33.2 Å². The fourth-order valence-corrected chi connectivity index (χ4v) is 5.66. The molecule has 3 N–H and O–H groups in total. The maximum atomic E-state index is 16.2. The van der Waals surface area contributed by atoms with E-state index in [1.165, 1.54) is 18.2 Å². The van der Waals surface area contributed by atoms with Crippen molar-refractivity contribution in [3.8, 4) is 41.0 Å². The Kier molecular flexibility index (Phi) is 9.81. The van der Waals surface area contributed by atoms with Gasteiger partial charge in [-0.15, -0.1) is 0 Å². The van der Waals surface area contributed by atoms with E-state index in [-0.39, 0.29) is 40.7 Å². The molecular weight excluding hydrogens is 658 g/mol. The van der Waals surface area contributed by atoms with Crippen LogP contribution >= 0.6 is 11.8 Å². The largest absolute Gasteiger partial charge is 0.493 e. The molecule has 0 spiro atoms. The molecule has 15 heteroatoms. The first-order valence-corrected chi connectivity index (χ1v) is 15.5. The summed E-state index contributed by atoms with van der Waals surface area (Å²) < 4.78 is 50.3. The van der Waals surface area contributed by atoms with Crippen molar-refractivity contribution < 1.29 is 38.0 Å². The second-order valence-corrected chi connectivity index (χ2v) is 11.6. The third kappa shape index (κ3) is 7.36. The van der Waals surface area contributed by atoms with Crippen LogP contribution in [0.25, 0.3) is 0 Å². The maximum absolute atomic E-state index is 16.2. The van der Waals surface area contributed by atoms with E-state index in [1.54, 1.807) is 24.3 Å². The Labute approximate surface area is 282 Å². The lowest BCUT2D eigenvalue weighted by atomic mass is 10.1. The highest BCUT2D eigenvalue weighted by Crippen LogP contribution is 2.43. The van der Waals surface area contributed by atoms with Crippen molar-refractivity contribution in [1.82, 2.24) is 25.2 Å². The third-order valence-electron chi connectivity index (χ3n) is 7.33. The number of halogens is 2. The van der Waals surface area contributed by atoms with Crippen LogP contribution in [0.5, 0.6) is 34.9 Å². The highest BCUT2D eigenvalue weighted by molar-refractivity contribution is 7.99. The van der Waals surface area contributed by atoms with E-state index >= 15 is 8.78 Å². The lowest BCUT2D eigenvalue weighted by molar-refractivity contribution is 0.0692. The van der Waals surface area contributed by atoms with Crippen molar-refractivity contribution in [3.05, 3.63) is 113 Å². The van der Waals surface area contributed by atoms with Crippen molar-refractivity contribution >= 4 is 17.7 Å². The molecule has 5 aromatic rings. The van der Waals surface area contributed by atoms with E-state index in [1.807, 2.05) is 48.3 Å². The molecule has 49 heavy (non-hydrogen) atoms. The predicted octanol–water partition coefficient (Wildman–Crippen LogP) is 6.27. The number of carbonyl (C=O) groups is 1. The highest BCUT2D eigenvalue weighted by Gasteiger charge is 2.29. The number of carboxylic acid groups (broad SMARTS) is 1. The second kappa shape index (κ2) is 14.5. The average molecular weight is 685 g/mol. The number of rotatable bonds is 11. The van der Waals surface area contributed by atoms with Gasteiger partial charge >= 0.3 is 5.97 Å². The number of nitrogens with one attached hydrogen (secondary N) is 1. The summed E-state index contributed by atoms with van der Waals surface area (Å²) in [4.78, 5) is 24.2. The minimum Gasteiger partial charge on any atom is -0.493 e. The van der Waals surface area contributed by atoms with Gasteiger partial charge in [0, 0.05) is 30.9 Å². The molecule has 12 nitrogen and oxygen atoms in total. The minimum atomic E-state index is -1.49. The molecule has 3 heterocycles. The van der Waals surface area contributed by atoms with Crippen LogP contribution in [0, 0.1) is 23.0 Å². The van der Waals surface area contributed by atoms with Crippen molar-refractivity contribution in [3.63, 3.8) is 0 Å². The fraction of sp³-hybridized carbons (Fsp3) is 0.147. The Morgan fingerprint density at radius 1 is 1.02 bits per heavy atom. The number of aromatic nitrogens is 3. The minimum absolute atomic E-state index is 0.0909. The van der Waals surface area contributed by atoms with Crippen LogP contribution in [0.15, 0.2) is 89.0 Å². The Morgan fingerprint density at radius 3 is 2.41 bits per heavy atom. The predicted molar refractivity (Wildman–Crippen MR) is 171 cm³/mol. The molecule has 0 aliphatic carbocycles. The number of carboxylic acids is 1. The van der Waals surface area contributed by atoms with Gasteiger partial charge in [0.1, 0.15) is 17.9 Å². The zero-order chi connectivity index (χ0) is 34.5. The number of likely N-dealkylation sites (N-methyl/N-ethyl adjacent to an activating group) is 1. The summed E-state index contributed by atoms with van der Waals surface area (Å²) in [5.41, 5.74) is 1.06. The molecule has 0 radical (unpaired) electrons. The van der Waals surface area contributed by atoms with Gasteiger partial charge in [0.05, 0.1) is 22.7 Å². The van der Waals surface area contributed by atoms with Crippen LogP contribution in [-0.4, -0.2) is 56.2 Å². The van der Waals surface area contributed by atoms with E-state index in [0.29, 0.717) is 23.9 Å². The van der Waals surface area contributed by atoms with Gasteiger partial charge in [-0.05, 0) is 42.6 Å². The van der Waals surface area contributed by atoms with E-state index in [0.717, 1.165) is 18.3 Å². The number of nitriles is 1. The van der Waals surface area contributed by atoms with Crippen LogP contribution in [-0.2, 0) is 6.61 Å². The Hall–Kier alpha value is -5.82. The molecule has 1 saturated heterocycles. The van der Waals surface area contributed by atoms with Crippen LogP contribution in [0.2, 0.25) is 0 Å². The quantitative estimate of drug-likeness (QED) is 0.134. The molecule has 1 fully saturated rings. The molecule has 0 amide bonds. The zero-order valence-corrected chi connectivity index (χ0v) is 26.4. The van der Waals surface area contributed by atoms with Gasteiger partial charge in [0.25, 0.3) is 11.8 Å². The molecule has 1 atom stereocenters. The van der Waals surface area contributed by atoms with Crippen LogP contribution in [0.4, 0.5) is 8.78 Å².